The van der Waals surface area contributed by atoms with Crippen molar-refractivity contribution in [3.05, 3.63) is 85.1 Å². The molecule has 0 aliphatic rings. The number of nitrogens with one attached hydrogen (secondary N) is 1. The molecule has 3 atom stereocenters. The monoisotopic (exact) mass is 850 g/mol. The molecule has 0 radical (unpaired) electrons. The van der Waals surface area contributed by atoms with Crippen LogP contribution in [0, 0.1) is 0 Å². The van der Waals surface area contributed by atoms with Crippen molar-refractivity contribution in [2.45, 2.75) is 244 Å². The molecule has 0 aromatic heterocycles. The van der Waals surface area contributed by atoms with E-state index in [0.717, 1.165) is 83.5 Å². The van der Waals surface area contributed by atoms with Gasteiger partial charge in [-0.1, -0.05) is 209 Å². The Hall–Kier alpha value is -2.96. The molecule has 6 nitrogen and oxygen atoms in total. The number of aliphatic hydroxyl groups is 2. The minimum atomic E-state index is -0.804. The summed E-state index contributed by atoms with van der Waals surface area (Å²) in [6.45, 7) is 6.30. The van der Waals surface area contributed by atoms with Crippen LogP contribution >= 0.6 is 0 Å². The topological polar surface area (TPSA) is 95.9 Å². The molecule has 0 aliphatic carbocycles. The van der Waals surface area contributed by atoms with Crippen molar-refractivity contribution in [2.75, 3.05) is 6.61 Å². The van der Waals surface area contributed by atoms with Crippen LogP contribution in [0.4, 0.5) is 0 Å². The van der Waals surface area contributed by atoms with Crippen LogP contribution in [0.15, 0.2) is 85.1 Å². The standard InChI is InChI=1S/C55H95NO5/c1-4-7-10-13-16-19-21-23-25-27-28-30-32-35-37-40-43-46-51(49-54(59)56-52(50-57)53(58)47-44-41-38-34-18-15-12-9-6-3)61-55(60)48-45-42-39-36-33-31-29-26-24-22-20-17-14-11-8-5-2/h8,11,16-17,19-20,23-26,31,33,39,42,51-53,57-58H,4-7,9-10,12-15,18,21-22,27-30,32,34-38,40-41,43-50H2,1-3H3,(H,56,59)/b11-8+,19-16-,20-17+,25-23-,26-24+,33-31+,42-39+. The number of carbonyl (C=O) groups excluding carboxylic acids is 2. The molecule has 3 N–H and O–H groups in total. The van der Waals surface area contributed by atoms with Crippen LogP contribution in [-0.2, 0) is 14.3 Å². The lowest BCUT2D eigenvalue weighted by molar-refractivity contribution is -0.150. The Morgan fingerprint density at radius 3 is 1.38 bits per heavy atom. The van der Waals surface area contributed by atoms with Crippen LogP contribution in [0.5, 0.6) is 0 Å². The van der Waals surface area contributed by atoms with Crippen molar-refractivity contribution in [3.63, 3.8) is 0 Å². The highest BCUT2D eigenvalue weighted by Gasteiger charge is 2.24. The number of allylic oxidation sites excluding steroid dienone is 14. The van der Waals surface area contributed by atoms with Gasteiger partial charge in [0.05, 0.1) is 25.2 Å². The number of amides is 1. The predicted octanol–water partition coefficient (Wildman–Crippen LogP) is 15.2. The fourth-order valence-corrected chi connectivity index (χ4v) is 7.16. The van der Waals surface area contributed by atoms with Gasteiger partial charge in [-0.3, -0.25) is 9.59 Å². The summed E-state index contributed by atoms with van der Waals surface area (Å²) in [6, 6.07) is -0.721. The molecule has 0 aromatic rings. The number of hydrogen-bond donors (Lipinski definition) is 3. The Kier molecular flexibility index (Phi) is 45.7. The van der Waals surface area contributed by atoms with E-state index in [-0.39, 0.29) is 31.3 Å². The number of rotatable bonds is 44. The van der Waals surface area contributed by atoms with Crippen molar-refractivity contribution in [2.24, 2.45) is 0 Å². The average molecular weight is 850 g/mol. The molecule has 61 heavy (non-hydrogen) atoms. The summed E-state index contributed by atoms with van der Waals surface area (Å²) in [6.07, 6.45) is 62.2. The first-order valence-electron chi connectivity index (χ1n) is 25.3. The molecule has 0 fully saturated rings. The molecule has 3 unspecified atom stereocenters. The van der Waals surface area contributed by atoms with Gasteiger partial charge in [0.1, 0.15) is 6.10 Å². The number of carbonyl (C=O) groups is 2. The third-order valence-electron chi connectivity index (χ3n) is 11.0. The molecule has 0 rings (SSSR count). The maximum Gasteiger partial charge on any atom is 0.306 e. The van der Waals surface area contributed by atoms with E-state index in [2.05, 4.69) is 105 Å². The quantitative estimate of drug-likeness (QED) is 0.0322. The molecule has 0 saturated carbocycles. The van der Waals surface area contributed by atoms with Gasteiger partial charge in [0, 0.05) is 6.42 Å². The number of esters is 1. The van der Waals surface area contributed by atoms with Gasteiger partial charge in [0.25, 0.3) is 0 Å². The van der Waals surface area contributed by atoms with Gasteiger partial charge in [-0.25, -0.2) is 0 Å². The number of hydrogen-bond acceptors (Lipinski definition) is 5. The van der Waals surface area contributed by atoms with Crippen molar-refractivity contribution < 1.29 is 24.5 Å². The van der Waals surface area contributed by atoms with Crippen LogP contribution in [0.25, 0.3) is 0 Å². The Morgan fingerprint density at radius 2 is 0.885 bits per heavy atom. The van der Waals surface area contributed by atoms with Gasteiger partial charge >= 0.3 is 5.97 Å². The third-order valence-corrected chi connectivity index (χ3v) is 11.0. The summed E-state index contributed by atoms with van der Waals surface area (Å²) < 4.78 is 5.88. The molecule has 6 heteroatoms. The molecule has 350 valence electrons. The zero-order valence-corrected chi connectivity index (χ0v) is 39.8. The van der Waals surface area contributed by atoms with Crippen molar-refractivity contribution in [1.29, 1.82) is 0 Å². The van der Waals surface area contributed by atoms with Gasteiger partial charge in [0.2, 0.25) is 5.91 Å². The number of ether oxygens (including phenoxy) is 1. The second-order valence-electron chi connectivity index (χ2n) is 16.8. The second kappa shape index (κ2) is 48.1. The van der Waals surface area contributed by atoms with Crippen LogP contribution in [0.3, 0.4) is 0 Å². The van der Waals surface area contributed by atoms with Gasteiger partial charge in [-0.05, 0) is 89.9 Å². The summed E-state index contributed by atoms with van der Waals surface area (Å²) in [5.74, 6) is -0.586. The zero-order chi connectivity index (χ0) is 44.5. The van der Waals surface area contributed by atoms with Crippen LogP contribution < -0.4 is 5.32 Å². The van der Waals surface area contributed by atoms with E-state index in [1.54, 1.807) is 0 Å². The summed E-state index contributed by atoms with van der Waals surface area (Å²) >= 11 is 0. The van der Waals surface area contributed by atoms with E-state index in [4.69, 9.17) is 4.74 Å². The highest BCUT2D eigenvalue weighted by Crippen LogP contribution is 2.17. The SMILES string of the molecule is CC/C=C/C/C=C/C/C=C/C/C=C/C/C=C/CCC(=O)OC(CCCCCCCCC/C=C\C/C=C\CCCCC)CC(=O)NC(CO)C(O)CCCCCCCCCCC. The number of aliphatic hydroxyl groups excluding tert-OH is 2. The number of unbranched alkanes of at least 4 members (excludes halogenated alkanes) is 18. The van der Waals surface area contributed by atoms with Crippen LogP contribution in [0.1, 0.15) is 226 Å². The molecule has 0 bridgehead atoms. The molecule has 0 aromatic carbocycles. The van der Waals surface area contributed by atoms with Crippen LogP contribution in [0.2, 0.25) is 0 Å². The molecule has 0 heterocycles. The first kappa shape index (κ1) is 58.0. The first-order valence-corrected chi connectivity index (χ1v) is 25.3. The summed E-state index contributed by atoms with van der Waals surface area (Å²) in [4.78, 5) is 26.1. The van der Waals surface area contributed by atoms with Crippen molar-refractivity contribution >= 4 is 11.9 Å². The van der Waals surface area contributed by atoms with E-state index in [0.29, 0.717) is 19.3 Å². The average Bonchev–Trinajstić information content (AvgIpc) is 3.25. The fraction of sp³-hybridized carbons (Fsp3) is 0.709. The molecule has 0 aliphatic heterocycles. The van der Waals surface area contributed by atoms with E-state index in [1.807, 2.05) is 6.08 Å². The Bertz CT molecular complexity index is 1180. The van der Waals surface area contributed by atoms with Gasteiger partial charge in [0.15, 0.2) is 0 Å². The van der Waals surface area contributed by atoms with Crippen molar-refractivity contribution in [1.82, 2.24) is 5.32 Å². The highest BCUT2D eigenvalue weighted by atomic mass is 16.5. The van der Waals surface area contributed by atoms with E-state index in [1.165, 1.54) is 89.9 Å². The normalized spacial score (nSPS) is 14.0. The maximum atomic E-state index is 13.2. The van der Waals surface area contributed by atoms with E-state index < -0.39 is 18.2 Å². The van der Waals surface area contributed by atoms with Crippen molar-refractivity contribution in [3.8, 4) is 0 Å². The lowest BCUT2D eigenvalue weighted by Gasteiger charge is -2.24. The summed E-state index contributed by atoms with van der Waals surface area (Å²) in [7, 11) is 0. The Balaban J connectivity index is 4.72. The lowest BCUT2D eigenvalue weighted by Crippen LogP contribution is -2.46. The Morgan fingerprint density at radius 1 is 0.492 bits per heavy atom. The van der Waals surface area contributed by atoms with E-state index in [9.17, 15) is 19.8 Å². The van der Waals surface area contributed by atoms with Gasteiger partial charge < -0.3 is 20.3 Å². The molecular formula is C55H95NO5. The maximum absolute atomic E-state index is 13.2. The van der Waals surface area contributed by atoms with Gasteiger partial charge in [-0.2, -0.15) is 0 Å². The third kappa shape index (κ3) is 43.5. The summed E-state index contributed by atoms with van der Waals surface area (Å²) in [5, 5.41) is 23.7. The second-order valence-corrected chi connectivity index (χ2v) is 16.8. The molecule has 0 spiro atoms. The fourth-order valence-electron chi connectivity index (χ4n) is 7.16. The smallest absolute Gasteiger partial charge is 0.306 e. The van der Waals surface area contributed by atoms with E-state index >= 15 is 0 Å². The molecular weight excluding hydrogens is 755 g/mol. The Labute approximate surface area is 376 Å². The first-order chi connectivity index (χ1) is 30.0. The molecule has 0 saturated heterocycles. The molecule has 1 amide bonds. The minimum absolute atomic E-state index is 0.0385. The van der Waals surface area contributed by atoms with Crippen LogP contribution in [-0.4, -0.2) is 46.9 Å². The summed E-state index contributed by atoms with van der Waals surface area (Å²) in [5.41, 5.74) is 0. The minimum Gasteiger partial charge on any atom is -0.462 e. The zero-order valence-electron chi connectivity index (χ0n) is 39.8. The predicted molar refractivity (Wildman–Crippen MR) is 264 cm³/mol. The highest BCUT2D eigenvalue weighted by molar-refractivity contribution is 5.77. The lowest BCUT2D eigenvalue weighted by atomic mass is 10.0. The largest absolute Gasteiger partial charge is 0.462 e. The van der Waals surface area contributed by atoms with Gasteiger partial charge in [-0.15, -0.1) is 0 Å².